The first-order valence-electron chi connectivity index (χ1n) is 4.21. The van der Waals surface area contributed by atoms with Gasteiger partial charge in [0.25, 0.3) is 0 Å². The molecule has 1 unspecified atom stereocenters. The lowest BCUT2D eigenvalue weighted by Gasteiger charge is -2.18. The van der Waals surface area contributed by atoms with Crippen LogP contribution in [0.1, 0.15) is 0 Å². The van der Waals surface area contributed by atoms with E-state index in [4.69, 9.17) is 9.47 Å². The Morgan fingerprint density at radius 3 is 2.83 bits per heavy atom. The molecule has 0 bridgehead atoms. The average Bonchev–Trinajstić information content (AvgIpc) is 2.29. The third kappa shape index (κ3) is 1.80. The Morgan fingerprint density at radius 2 is 2.33 bits per heavy atom. The summed E-state index contributed by atoms with van der Waals surface area (Å²) in [7, 11) is 5.30. The van der Waals surface area contributed by atoms with Crippen molar-refractivity contribution >= 4 is 7.85 Å². The van der Waals surface area contributed by atoms with Crippen LogP contribution in [-0.2, 0) is 9.47 Å². The van der Waals surface area contributed by atoms with Crippen LogP contribution in [0.3, 0.4) is 0 Å². The summed E-state index contributed by atoms with van der Waals surface area (Å²) in [6.07, 6.45) is -0.745. The summed E-state index contributed by atoms with van der Waals surface area (Å²) in [5.41, 5.74) is 0. The Kier molecular flexibility index (Phi) is 3.52. The smallest absolute Gasteiger partial charge is 0.142 e. The van der Waals surface area contributed by atoms with Crippen molar-refractivity contribution in [3.63, 3.8) is 0 Å². The molecule has 1 aliphatic rings. The molecule has 5 heteroatoms. The standard InChI is InChI=1S/C7H16BNO3/c1-9-3-4-6(11-2)5(10)7(8)12-4/h4-7,9-10H,3,8H2,1-2H3/t4-,5+,6?,7-/m1/s1. The summed E-state index contributed by atoms with van der Waals surface area (Å²) in [6.45, 7) is 0.708. The van der Waals surface area contributed by atoms with E-state index in [-0.39, 0.29) is 18.2 Å². The van der Waals surface area contributed by atoms with Gasteiger partial charge in [0.2, 0.25) is 0 Å². The third-order valence-corrected chi connectivity index (χ3v) is 2.25. The number of hydrogen-bond donors (Lipinski definition) is 2. The zero-order valence-electron chi connectivity index (χ0n) is 7.78. The van der Waals surface area contributed by atoms with Crippen LogP contribution in [0, 0.1) is 0 Å². The van der Waals surface area contributed by atoms with Crippen LogP contribution >= 0.6 is 0 Å². The Balaban J connectivity index is 2.52. The zero-order valence-corrected chi connectivity index (χ0v) is 7.78. The maximum atomic E-state index is 9.58. The highest BCUT2D eigenvalue weighted by atomic mass is 16.6. The van der Waals surface area contributed by atoms with E-state index < -0.39 is 6.10 Å². The first-order chi connectivity index (χ1) is 5.70. The van der Waals surface area contributed by atoms with Crippen molar-refractivity contribution in [2.75, 3.05) is 20.7 Å². The Bertz CT molecular complexity index is 147. The van der Waals surface area contributed by atoms with Gasteiger partial charge in [-0.2, -0.15) is 0 Å². The molecule has 4 nitrogen and oxygen atoms in total. The second kappa shape index (κ2) is 4.23. The maximum Gasteiger partial charge on any atom is 0.142 e. The van der Waals surface area contributed by atoms with E-state index in [9.17, 15) is 5.11 Å². The molecule has 1 heterocycles. The molecule has 0 amide bonds. The summed E-state index contributed by atoms with van der Waals surface area (Å²) in [5.74, 6) is 0. The quantitative estimate of drug-likeness (QED) is 0.482. The molecule has 70 valence electrons. The van der Waals surface area contributed by atoms with Gasteiger partial charge in [-0.1, -0.05) is 0 Å². The lowest BCUT2D eigenvalue weighted by molar-refractivity contribution is -0.00899. The maximum absolute atomic E-state index is 9.58. The van der Waals surface area contributed by atoms with E-state index in [1.54, 1.807) is 7.11 Å². The summed E-state index contributed by atoms with van der Waals surface area (Å²) < 4.78 is 10.6. The topological polar surface area (TPSA) is 50.7 Å². The van der Waals surface area contributed by atoms with Gasteiger partial charge in [-0.3, -0.25) is 0 Å². The Morgan fingerprint density at radius 1 is 1.67 bits per heavy atom. The summed E-state index contributed by atoms with van der Waals surface area (Å²) in [4.78, 5) is 0. The van der Waals surface area contributed by atoms with E-state index in [2.05, 4.69) is 5.32 Å². The molecule has 12 heavy (non-hydrogen) atoms. The van der Waals surface area contributed by atoms with Crippen LogP contribution < -0.4 is 5.32 Å². The number of rotatable bonds is 3. The van der Waals surface area contributed by atoms with E-state index >= 15 is 0 Å². The molecule has 4 atom stereocenters. The first kappa shape index (κ1) is 9.99. The van der Waals surface area contributed by atoms with Gasteiger partial charge >= 0.3 is 0 Å². The van der Waals surface area contributed by atoms with Gasteiger partial charge < -0.3 is 19.9 Å². The fraction of sp³-hybridized carbons (Fsp3) is 1.00. The fourth-order valence-electron chi connectivity index (χ4n) is 1.58. The van der Waals surface area contributed by atoms with Crippen molar-refractivity contribution < 1.29 is 14.6 Å². The van der Waals surface area contributed by atoms with Gasteiger partial charge in [0.05, 0.1) is 12.1 Å². The lowest BCUT2D eigenvalue weighted by atomic mass is 9.93. The van der Waals surface area contributed by atoms with E-state index in [0.717, 1.165) is 0 Å². The van der Waals surface area contributed by atoms with Crippen molar-refractivity contribution in [3.8, 4) is 0 Å². The first-order valence-corrected chi connectivity index (χ1v) is 4.21. The van der Waals surface area contributed by atoms with Gasteiger partial charge in [-0.25, -0.2) is 0 Å². The van der Waals surface area contributed by atoms with Crippen LogP contribution in [-0.4, -0.2) is 58.0 Å². The summed E-state index contributed by atoms with van der Waals surface area (Å²) >= 11 is 0. The molecule has 1 fully saturated rings. The number of ether oxygens (including phenoxy) is 2. The van der Waals surface area contributed by atoms with Crippen LogP contribution in [0.25, 0.3) is 0 Å². The molecule has 1 rings (SSSR count). The number of methoxy groups -OCH3 is 1. The van der Waals surface area contributed by atoms with Gasteiger partial charge in [0, 0.05) is 13.7 Å². The molecule has 2 N–H and O–H groups in total. The molecule has 1 saturated heterocycles. The van der Waals surface area contributed by atoms with E-state index in [1.807, 2.05) is 14.9 Å². The van der Waals surface area contributed by atoms with E-state index in [1.165, 1.54) is 0 Å². The van der Waals surface area contributed by atoms with Gasteiger partial charge in [-0.15, -0.1) is 0 Å². The number of hydrogen-bond acceptors (Lipinski definition) is 4. The number of likely N-dealkylation sites (N-methyl/N-ethyl adjacent to an activating group) is 1. The largest absolute Gasteiger partial charge is 0.388 e. The highest BCUT2D eigenvalue weighted by molar-refractivity contribution is 6.11. The Labute approximate surface area is 73.6 Å². The van der Waals surface area contributed by atoms with Gasteiger partial charge in [0.1, 0.15) is 20.1 Å². The number of aliphatic hydroxyl groups excluding tert-OH is 1. The van der Waals surface area contributed by atoms with E-state index in [0.29, 0.717) is 6.54 Å². The molecular weight excluding hydrogens is 157 g/mol. The second-order valence-electron chi connectivity index (χ2n) is 3.13. The molecule has 0 radical (unpaired) electrons. The summed E-state index contributed by atoms with van der Waals surface area (Å²) in [6, 6.07) is -0.131. The second-order valence-corrected chi connectivity index (χ2v) is 3.13. The molecule has 1 aliphatic heterocycles. The molecule has 0 spiro atoms. The van der Waals surface area contributed by atoms with Crippen molar-refractivity contribution in [1.29, 1.82) is 0 Å². The summed E-state index contributed by atoms with van der Waals surface area (Å²) in [5, 5.41) is 12.6. The van der Waals surface area contributed by atoms with Crippen LogP contribution in [0.15, 0.2) is 0 Å². The van der Waals surface area contributed by atoms with Crippen LogP contribution in [0.2, 0.25) is 0 Å². The monoisotopic (exact) mass is 173 g/mol. The normalized spacial score (nSPS) is 41.9. The van der Waals surface area contributed by atoms with Gasteiger partial charge in [-0.05, 0) is 7.05 Å². The van der Waals surface area contributed by atoms with Crippen molar-refractivity contribution in [3.05, 3.63) is 0 Å². The highest BCUT2D eigenvalue weighted by Crippen LogP contribution is 2.20. The molecule has 0 aliphatic carbocycles. The highest BCUT2D eigenvalue weighted by Gasteiger charge is 2.40. The van der Waals surface area contributed by atoms with Crippen LogP contribution in [0.5, 0.6) is 0 Å². The molecular formula is C7H16BNO3. The number of nitrogens with one attached hydrogen (secondary N) is 1. The molecule has 0 saturated carbocycles. The molecule has 0 aromatic rings. The average molecular weight is 173 g/mol. The fourth-order valence-corrected chi connectivity index (χ4v) is 1.58. The molecule has 0 aromatic carbocycles. The third-order valence-electron chi connectivity index (χ3n) is 2.25. The number of aliphatic hydroxyl groups is 1. The molecule has 0 aromatic heterocycles. The zero-order chi connectivity index (χ0) is 9.14. The van der Waals surface area contributed by atoms with Crippen molar-refractivity contribution in [1.82, 2.24) is 5.32 Å². The minimum atomic E-state index is -0.506. The van der Waals surface area contributed by atoms with Gasteiger partial charge in [0.15, 0.2) is 0 Å². The van der Waals surface area contributed by atoms with Crippen molar-refractivity contribution in [2.45, 2.75) is 24.3 Å². The van der Waals surface area contributed by atoms with Crippen molar-refractivity contribution in [2.24, 2.45) is 0 Å². The predicted octanol–water partition coefficient (Wildman–Crippen LogP) is -2.06. The SMILES string of the molecule is B[C@@H]1O[C@H](CNC)C(OC)[C@@H]1O. The predicted molar refractivity (Wildman–Crippen MR) is 47.9 cm³/mol. The minimum absolute atomic E-state index is 0.0370. The Hall–Kier alpha value is -0.0951. The lowest BCUT2D eigenvalue weighted by Crippen LogP contribution is -2.38. The van der Waals surface area contributed by atoms with Crippen LogP contribution in [0.4, 0.5) is 0 Å². The minimum Gasteiger partial charge on any atom is -0.388 e.